The van der Waals surface area contributed by atoms with Crippen LogP contribution in [0.25, 0.3) is 0 Å². The van der Waals surface area contributed by atoms with Crippen molar-refractivity contribution >= 4 is 0 Å². The van der Waals surface area contributed by atoms with E-state index >= 15 is 0 Å². The Kier molecular flexibility index (Phi) is 4.60. The van der Waals surface area contributed by atoms with Gasteiger partial charge in [0.25, 0.3) is 0 Å². The standard InChI is InChI=1S/C12H20N2/c1-10(2)4-9-14-11(3)12-5-7-13-8-6-12/h5-8,10-11,14H,4,9H2,1-3H3/t11-/m1/s1. The Balaban J connectivity index is 2.32. The van der Waals surface area contributed by atoms with Crippen molar-refractivity contribution in [2.45, 2.75) is 33.2 Å². The van der Waals surface area contributed by atoms with E-state index in [2.05, 4.69) is 43.2 Å². The molecule has 0 aliphatic heterocycles. The minimum atomic E-state index is 0.428. The molecular formula is C12H20N2. The molecule has 0 saturated heterocycles. The number of hydrogen-bond donors (Lipinski definition) is 1. The highest BCUT2D eigenvalue weighted by Gasteiger charge is 2.03. The predicted molar refractivity (Wildman–Crippen MR) is 60.1 cm³/mol. The fourth-order valence-corrected chi connectivity index (χ4v) is 1.36. The molecule has 1 heterocycles. The van der Waals surface area contributed by atoms with Crippen LogP contribution in [0.5, 0.6) is 0 Å². The third-order valence-electron chi connectivity index (χ3n) is 2.38. The molecule has 0 amide bonds. The van der Waals surface area contributed by atoms with Crippen LogP contribution >= 0.6 is 0 Å². The zero-order valence-corrected chi connectivity index (χ0v) is 9.33. The summed E-state index contributed by atoms with van der Waals surface area (Å²) in [7, 11) is 0. The van der Waals surface area contributed by atoms with Crippen molar-refractivity contribution in [3.63, 3.8) is 0 Å². The smallest absolute Gasteiger partial charge is 0.0292 e. The van der Waals surface area contributed by atoms with Gasteiger partial charge in [0.05, 0.1) is 0 Å². The Hall–Kier alpha value is -0.890. The molecule has 1 N–H and O–H groups in total. The van der Waals surface area contributed by atoms with E-state index in [1.165, 1.54) is 12.0 Å². The van der Waals surface area contributed by atoms with Crippen LogP contribution in [0.2, 0.25) is 0 Å². The minimum absolute atomic E-state index is 0.428. The van der Waals surface area contributed by atoms with Gasteiger partial charge in [-0.15, -0.1) is 0 Å². The fraction of sp³-hybridized carbons (Fsp3) is 0.583. The molecule has 1 atom stereocenters. The van der Waals surface area contributed by atoms with E-state index in [0.717, 1.165) is 12.5 Å². The van der Waals surface area contributed by atoms with Crippen LogP contribution in [-0.4, -0.2) is 11.5 Å². The van der Waals surface area contributed by atoms with Gasteiger partial charge in [-0.1, -0.05) is 13.8 Å². The Morgan fingerprint density at radius 2 is 1.86 bits per heavy atom. The van der Waals surface area contributed by atoms with Gasteiger partial charge >= 0.3 is 0 Å². The zero-order valence-electron chi connectivity index (χ0n) is 9.33. The average Bonchev–Trinajstić information content (AvgIpc) is 2.18. The summed E-state index contributed by atoms with van der Waals surface area (Å²) >= 11 is 0. The summed E-state index contributed by atoms with van der Waals surface area (Å²) in [6.07, 6.45) is 4.92. The summed E-state index contributed by atoms with van der Waals surface area (Å²) in [6, 6.07) is 4.55. The first-order valence-corrected chi connectivity index (χ1v) is 5.33. The lowest BCUT2D eigenvalue weighted by Gasteiger charge is -2.14. The third kappa shape index (κ3) is 3.88. The Morgan fingerprint density at radius 1 is 1.21 bits per heavy atom. The van der Waals surface area contributed by atoms with Crippen molar-refractivity contribution in [2.24, 2.45) is 5.92 Å². The molecule has 0 fully saturated rings. The second-order valence-electron chi connectivity index (χ2n) is 4.14. The number of nitrogens with one attached hydrogen (secondary N) is 1. The molecule has 78 valence electrons. The highest BCUT2D eigenvalue weighted by molar-refractivity contribution is 5.13. The molecule has 0 saturated carbocycles. The highest BCUT2D eigenvalue weighted by atomic mass is 14.9. The molecule has 0 spiro atoms. The molecule has 1 aromatic rings. The van der Waals surface area contributed by atoms with E-state index < -0.39 is 0 Å². The quantitative estimate of drug-likeness (QED) is 0.776. The van der Waals surface area contributed by atoms with Gasteiger partial charge in [0, 0.05) is 18.4 Å². The van der Waals surface area contributed by atoms with E-state index in [1.807, 2.05) is 12.4 Å². The molecule has 0 bridgehead atoms. The average molecular weight is 192 g/mol. The number of pyridine rings is 1. The van der Waals surface area contributed by atoms with Gasteiger partial charge in [0.1, 0.15) is 0 Å². The maximum Gasteiger partial charge on any atom is 0.0292 e. The second-order valence-corrected chi connectivity index (χ2v) is 4.14. The maximum absolute atomic E-state index is 4.01. The number of aromatic nitrogens is 1. The summed E-state index contributed by atoms with van der Waals surface area (Å²) in [4.78, 5) is 4.01. The second kappa shape index (κ2) is 5.76. The van der Waals surface area contributed by atoms with Gasteiger partial charge in [-0.05, 0) is 43.5 Å². The summed E-state index contributed by atoms with van der Waals surface area (Å²) in [5.41, 5.74) is 1.31. The molecule has 14 heavy (non-hydrogen) atoms. The van der Waals surface area contributed by atoms with Crippen LogP contribution in [0.4, 0.5) is 0 Å². The predicted octanol–water partition coefficient (Wildman–Crippen LogP) is 2.78. The van der Waals surface area contributed by atoms with Crippen LogP contribution in [0, 0.1) is 5.92 Å². The van der Waals surface area contributed by atoms with E-state index in [1.54, 1.807) is 0 Å². The van der Waals surface area contributed by atoms with E-state index in [4.69, 9.17) is 0 Å². The lowest BCUT2D eigenvalue weighted by molar-refractivity contribution is 0.497. The molecule has 0 aromatic carbocycles. The van der Waals surface area contributed by atoms with Crippen molar-refractivity contribution < 1.29 is 0 Å². The molecule has 0 aliphatic rings. The maximum atomic E-state index is 4.01. The van der Waals surface area contributed by atoms with Crippen LogP contribution in [0.15, 0.2) is 24.5 Å². The molecule has 2 nitrogen and oxygen atoms in total. The van der Waals surface area contributed by atoms with Gasteiger partial charge in [-0.2, -0.15) is 0 Å². The largest absolute Gasteiger partial charge is 0.310 e. The fourth-order valence-electron chi connectivity index (χ4n) is 1.36. The molecular weight excluding hydrogens is 172 g/mol. The van der Waals surface area contributed by atoms with Gasteiger partial charge in [-0.25, -0.2) is 0 Å². The molecule has 0 unspecified atom stereocenters. The number of nitrogens with zero attached hydrogens (tertiary/aromatic N) is 1. The van der Waals surface area contributed by atoms with Crippen molar-refractivity contribution in [1.29, 1.82) is 0 Å². The van der Waals surface area contributed by atoms with Gasteiger partial charge in [0.15, 0.2) is 0 Å². The van der Waals surface area contributed by atoms with E-state index in [0.29, 0.717) is 6.04 Å². The van der Waals surface area contributed by atoms with E-state index in [9.17, 15) is 0 Å². The Bertz CT molecular complexity index is 244. The molecule has 0 radical (unpaired) electrons. The monoisotopic (exact) mass is 192 g/mol. The van der Waals surface area contributed by atoms with Crippen LogP contribution in [0.3, 0.4) is 0 Å². The summed E-state index contributed by atoms with van der Waals surface area (Å²) in [5, 5.41) is 3.50. The van der Waals surface area contributed by atoms with Crippen molar-refractivity contribution in [3.05, 3.63) is 30.1 Å². The van der Waals surface area contributed by atoms with Crippen LogP contribution in [-0.2, 0) is 0 Å². The summed E-state index contributed by atoms with van der Waals surface area (Å²) in [5.74, 6) is 0.771. The Labute approximate surface area is 86.8 Å². The van der Waals surface area contributed by atoms with Gasteiger partial charge < -0.3 is 5.32 Å². The first kappa shape index (κ1) is 11.2. The SMILES string of the molecule is CC(C)CCN[C@H](C)c1ccncc1. The van der Waals surface area contributed by atoms with E-state index in [-0.39, 0.29) is 0 Å². The lowest BCUT2D eigenvalue weighted by atomic mass is 10.1. The first-order chi connectivity index (χ1) is 6.70. The summed E-state index contributed by atoms with van der Waals surface area (Å²) in [6.45, 7) is 7.77. The molecule has 2 heteroatoms. The van der Waals surface area contributed by atoms with Gasteiger partial charge in [-0.3, -0.25) is 4.98 Å². The number of rotatable bonds is 5. The highest BCUT2D eigenvalue weighted by Crippen LogP contribution is 2.10. The topological polar surface area (TPSA) is 24.9 Å². The molecule has 1 rings (SSSR count). The molecule has 1 aromatic heterocycles. The van der Waals surface area contributed by atoms with Crippen molar-refractivity contribution in [3.8, 4) is 0 Å². The minimum Gasteiger partial charge on any atom is -0.310 e. The van der Waals surface area contributed by atoms with Crippen LogP contribution < -0.4 is 5.32 Å². The summed E-state index contributed by atoms with van der Waals surface area (Å²) < 4.78 is 0. The zero-order chi connectivity index (χ0) is 10.4. The van der Waals surface area contributed by atoms with Crippen molar-refractivity contribution in [1.82, 2.24) is 10.3 Å². The third-order valence-corrected chi connectivity index (χ3v) is 2.38. The Morgan fingerprint density at radius 3 is 2.43 bits per heavy atom. The number of hydrogen-bond acceptors (Lipinski definition) is 2. The normalized spacial score (nSPS) is 13.1. The lowest BCUT2D eigenvalue weighted by Crippen LogP contribution is -2.20. The van der Waals surface area contributed by atoms with Gasteiger partial charge in [0.2, 0.25) is 0 Å². The first-order valence-electron chi connectivity index (χ1n) is 5.33. The molecule has 0 aliphatic carbocycles. The van der Waals surface area contributed by atoms with Crippen molar-refractivity contribution in [2.75, 3.05) is 6.54 Å². The van der Waals surface area contributed by atoms with Crippen LogP contribution in [0.1, 0.15) is 38.8 Å².